The summed E-state index contributed by atoms with van der Waals surface area (Å²) in [6, 6.07) is 8.88. The highest BCUT2D eigenvalue weighted by Crippen LogP contribution is 2.32. The molecular formula is C25H33Cl2FN4O2S. The van der Waals surface area contributed by atoms with Crippen molar-refractivity contribution in [3.8, 4) is 11.3 Å². The van der Waals surface area contributed by atoms with Gasteiger partial charge in [-0.25, -0.2) is 17.8 Å². The number of fused-ring (bicyclic) bond motifs is 1. The zero-order valence-electron chi connectivity index (χ0n) is 19.8. The number of sulfone groups is 1. The summed E-state index contributed by atoms with van der Waals surface area (Å²) in [5.41, 5.74) is 2.71. The van der Waals surface area contributed by atoms with Gasteiger partial charge in [0.1, 0.15) is 0 Å². The third-order valence-corrected chi connectivity index (χ3v) is 8.30. The number of nitrogens with one attached hydrogen (secondary N) is 1. The van der Waals surface area contributed by atoms with Crippen molar-refractivity contribution in [2.75, 3.05) is 32.4 Å². The fourth-order valence-corrected chi connectivity index (χ4v) is 5.91. The second-order valence-corrected chi connectivity index (χ2v) is 11.4. The van der Waals surface area contributed by atoms with Crippen molar-refractivity contribution >= 4 is 40.3 Å². The molecule has 3 aromatic rings. The predicted molar refractivity (Wildman–Crippen MR) is 142 cm³/mol. The summed E-state index contributed by atoms with van der Waals surface area (Å²) in [5, 5.41) is 3.49. The Bertz CT molecular complexity index is 1230. The molecule has 2 aromatic heterocycles. The van der Waals surface area contributed by atoms with Crippen molar-refractivity contribution in [1.82, 2.24) is 19.6 Å². The molecule has 0 amide bonds. The summed E-state index contributed by atoms with van der Waals surface area (Å²) in [4.78, 5) is 7.36. The van der Waals surface area contributed by atoms with Gasteiger partial charge in [0, 0.05) is 30.3 Å². The molecule has 0 bridgehead atoms. The molecule has 35 heavy (non-hydrogen) atoms. The van der Waals surface area contributed by atoms with Crippen molar-refractivity contribution in [1.29, 1.82) is 0 Å². The normalized spacial score (nSPS) is 20.1. The molecule has 2 saturated heterocycles. The van der Waals surface area contributed by atoms with Crippen molar-refractivity contribution in [2.24, 2.45) is 0 Å². The summed E-state index contributed by atoms with van der Waals surface area (Å²) in [5.74, 6) is 0.0349. The first kappa shape index (κ1) is 27.9. The first-order valence-corrected chi connectivity index (χ1v) is 13.7. The summed E-state index contributed by atoms with van der Waals surface area (Å²) < 4.78 is 40.2. The molecule has 6 nitrogen and oxygen atoms in total. The van der Waals surface area contributed by atoms with E-state index in [9.17, 15) is 12.8 Å². The molecule has 1 unspecified atom stereocenters. The van der Waals surface area contributed by atoms with E-state index in [1.807, 2.05) is 12.4 Å². The van der Waals surface area contributed by atoms with Gasteiger partial charge < -0.3 is 14.6 Å². The number of nitrogens with zero attached hydrogens (tertiary/aromatic N) is 3. The van der Waals surface area contributed by atoms with Crippen LogP contribution < -0.4 is 5.32 Å². The van der Waals surface area contributed by atoms with Crippen molar-refractivity contribution in [2.45, 2.75) is 49.0 Å². The highest BCUT2D eigenvalue weighted by Gasteiger charge is 2.27. The summed E-state index contributed by atoms with van der Waals surface area (Å²) in [6.45, 7) is 4.36. The number of aromatic nitrogens is 2. The second-order valence-electron chi connectivity index (χ2n) is 9.42. The minimum Gasteiger partial charge on any atom is -0.317 e. The number of imidazole rings is 1. The minimum absolute atomic E-state index is 0. The molecule has 2 aliphatic rings. The third kappa shape index (κ3) is 6.17. The van der Waals surface area contributed by atoms with Gasteiger partial charge in [-0.15, -0.1) is 24.8 Å². The first-order valence-electron chi connectivity index (χ1n) is 11.8. The van der Waals surface area contributed by atoms with Gasteiger partial charge in [0.25, 0.3) is 0 Å². The van der Waals surface area contributed by atoms with Gasteiger partial charge in [-0.05, 0) is 88.0 Å². The number of piperidine rings is 1. The first-order chi connectivity index (χ1) is 15.9. The lowest BCUT2D eigenvalue weighted by Gasteiger charge is -2.37. The van der Waals surface area contributed by atoms with E-state index in [4.69, 9.17) is 0 Å². The smallest absolute Gasteiger partial charge is 0.175 e. The molecule has 0 saturated carbocycles. The molecule has 1 N–H and O–H groups in total. The maximum Gasteiger partial charge on any atom is 0.175 e. The lowest BCUT2D eigenvalue weighted by Crippen LogP contribution is -2.41. The molecule has 0 spiro atoms. The van der Waals surface area contributed by atoms with Crippen LogP contribution in [-0.2, 0) is 9.84 Å². The van der Waals surface area contributed by atoms with Crippen LogP contribution >= 0.6 is 24.8 Å². The minimum atomic E-state index is -3.26. The second kappa shape index (κ2) is 11.6. The molecule has 2 aliphatic heterocycles. The third-order valence-electron chi connectivity index (χ3n) is 7.17. The van der Waals surface area contributed by atoms with Crippen LogP contribution in [0.1, 0.15) is 43.6 Å². The Morgan fingerprint density at radius 1 is 1.00 bits per heavy atom. The maximum atomic E-state index is 15.0. The van der Waals surface area contributed by atoms with Crippen molar-refractivity contribution in [3.63, 3.8) is 0 Å². The van der Waals surface area contributed by atoms with Gasteiger partial charge in [-0.1, -0.05) is 12.1 Å². The lowest BCUT2D eigenvalue weighted by atomic mass is 9.89. The van der Waals surface area contributed by atoms with Gasteiger partial charge in [0.05, 0.1) is 10.6 Å². The van der Waals surface area contributed by atoms with Crippen LogP contribution in [0, 0.1) is 5.82 Å². The molecule has 10 heteroatoms. The topological polar surface area (TPSA) is 66.7 Å². The number of hydrogen-bond acceptors (Lipinski definition) is 5. The Kier molecular flexibility index (Phi) is 9.21. The monoisotopic (exact) mass is 542 g/mol. The highest BCUT2D eigenvalue weighted by molar-refractivity contribution is 7.90. The van der Waals surface area contributed by atoms with E-state index in [0.717, 1.165) is 50.1 Å². The Morgan fingerprint density at radius 2 is 1.71 bits per heavy atom. The number of rotatable bonds is 4. The molecule has 5 rings (SSSR count). The average Bonchev–Trinajstić information content (AvgIpc) is 3.06. The summed E-state index contributed by atoms with van der Waals surface area (Å²) >= 11 is 0. The van der Waals surface area contributed by atoms with E-state index in [1.165, 1.54) is 25.5 Å². The van der Waals surface area contributed by atoms with Crippen molar-refractivity contribution in [3.05, 3.63) is 54.1 Å². The Morgan fingerprint density at radius 3 is 2.40 bits per heavy atom. The molecule has 1 aromatic carbocycles. The van der Waals surface area contributed by atoms with Crippen LogP contribution in [0.5, 0.6) is 0 Å². The SMILES string of the molecule is CS(=O)(=O)c1ccc(-c2cn3cc(C4CCN(C5CCCNCC5)CC4)cc(F)c3n2)cc1.Cl.Cl. The number of halogens is 3. The van der Waals surface area contributed by atoms with Gasteiger partial charge >= 0.3 is 0 Å². The zero-order chi connectivity index (χ0) is 23.0. The van der Waals surface area contributed by atoms with E-state index in [1.54, 1.807) is 34.7 Å². The van der Waals surface area contributed by atoms with Gasteiger partial charge in [0.15, 0.2) is 21.3 Å². The molecule has 0 aliphatic carbocycles. The number of likely N-dealkylation sites (tertiary alicyclic amines) is 1. The number of pyridine rings is 1. The largest absolute Gasteiger partial charge is 0.317 e. The molecule has 192 valence electrons. The fourth-order valence-electron chi connectivity index (χ4n) is 5.28. The van der Waals surface area contributed by atoms with Gasteiger partial charge in [-0.2, -0.15) is 0 Å². The van der Waals surface area contributed by atoms with Gasteiger partial charge in [0.2, 0.25) is 0 Å². The Hall–Kier alpha value is -1.71. The van der Waals surface area contributed by atoms with E-state index >= 15 is 0 Å². The zero-order valence-corrected chi connectivity index (χ0v) is 22.3. The van der Waals surface area contributed by atoms with E-state index in [0.29, 0.717) is 23.3 Å². The van der Waals surface area contributed by atoms with Crippen LogP contribution in [-0.4, -0.2) is 61.2 Å². The van der Waals surface area contributed by atoms with Gasteiger partial charge in [-0.3, -0.25) is 0 Å². The predicted octanol–water partition coefficient (Wildman–Crippen LogP) is 4.71. The molecule has 1 atom stereocenters. The quantitative estimate of drug-likeness (QED) is 0.517. The van der Waals surface area contributed by atoms with Crippen molar-refractivity contribution < 1.29 is 12.8 Å². The Balaban J connectivity index is 0.00000171. The summed E-state index contributed by atoms with van der Waals surface area (Å²) in [6.07, 6.45) is 10.8. The highest BCUT2D eigenvalue weighted by atomic mass is 35.5. The van der Waals surface area contributed by atoms with Crippen LogP contribution in [0.2, 0.25) is 0 Å². The van der Waals surface area contributed by atoms with Crippen LogP contribution in [0.15, 0.2) is 47.6 Å². The number of benzene rings is 1. The Labute approximate surface area is 219 Å². The average molecular weight is 544 g/mol. The van der Waals surface area contributed by atoms with E-state index in [2.05, 4.69) is 15.2 Å². The van der Waals surface area contributed by atoms with Crippen LogP contribution in [0.3, 0.4) is 0 Å². The molecule has 0 radical (unpaired) electrons. The lowest BCUT2D eigenvalue weighted by molar-refractivity contribution is 0.141. The van der Waals surface area contributed by atoms with E-state index < -0.39 is 9.84 Å². The standard InChI is InChI=1S/C25H31FN4O2S.2ClH/c1-33(31,32)22-6-4-19(5-7-22)24-17-30-16-20(15-23(26)25(30)28-24)18-9-13-29(14-10-18)21-3-2-11-27-12-8-21;;/h4-7,15-18,21,27H,2-3,8-14H2,1H3;2*1H. The molecule has 4 heterocycles. The molecule has 2 fully saturated rings. The summed E-state index contributed by atoms with van der Waals surface area (Å²) in [7, 11) is -3.26. The molecular weight excluding hydrogens is 510 g/mol. The fraction of sp³-hybridized carbons (Fsp3) is 0.480. The van der Waals surface area contributed by atoms with E-state index in [-0.39, 0.29) is 35.5 Å². The number of hydrogen-bond donors (Lipinski definition) is 1. The van der Waals surface area contributed by atoms with Crippen LogP contribution in [0.4, 0.5) is 4.39 Å². The van der Waals surface area contributed by atoms with Crippen LogP contribution in [0.25, 0.3) is 16.9 Å². The maximum absolute atomic E-state index is 15.0.